The Morgan fingerprint density at radius 2 is 1.50 bits per heavy atom. The predicted molar refractivity (Wildman–Crippen MR) is 136 cm³/mol. The Morgan fingerprint density at radius 3 is 2.06 bits per heavy atom. The van der Waals surface area contributed by atoms with Gasteiger partial charge in [-0.25, -0.2) is 0 Å². The lowest BCUT2D eigenvalue weighted by atomic mass is 9.78. The third kappa shape index (κ3) is 4.55. The maximum absolute atomic E-state index is 13.5. The second kappa shape index (κ2) is 10.6. The second-order valence-electron chi connectivity index (χ2n) is 8.25. The van der Waals surface area contributed by atoms with Gasteiger partial charge in [-0.1, -0.05) is 48.6 Å². The molecule has 0 radical (unpaired) electrons. The number of phenols is 1. The van der Waals surface area contributed by atoms with Gasteiger partial charge in [0.15, 0.2) is 23.0 Å². The molecule has 4 rings (SSSR count). The molecule has 3 aromatic rings. The van der Waals surface area contributed by atoms with E-state index in [0.717, 1.165) is 5.56 Å². The van der Waals surface area contributed by atoms with E-state index in [1.165, 1.54) is 28.4 Å². The standard InChI is InChI=1S/C28H29NO7/c1-33-22-13-11-18(14-21(22)31)26-25(20(30)12-10-17-8-6-5-7-9-17)28(32)29(26)19-15-23(34-2)27(36-4)24(16-19)35-3/h5-16,20,25-26,30-31H,1-4H3. The number of hydrogen-bond donors (Lipinski definition) is 2. The zero-order valence-corrected chi connectivity index (χ0v) is 20.5. The highest BCUT2D eigenvalue weighted by molar-refractivity contribution is 6.04. The number of carbonyl (C=O) groups excluding carboxylic acids is 1. The van der Waals surface area contributed by atoms with Crippen molar-refractivity contribution in [1.82, 2.24) is 0 Å². The monoisotopic (exact) mass is 491 g/mol. The number of methoxy groups -OCH3 is 4. The topological polar surface area (TPSA) is 97.7 Å². The van der Waals surface area contributed by atoms with Crippen molar-refractivity contribution in [1.29, 1.82) is 0 Å². The van der Waals surface area contributed by atoms with E-state index in [0.29, 0.717) is 34.2 Å². The van der Waals surface area contributed by atoms with Crippen LogP contribution in [0.25, 0.3) is 6.08 Å². The fourth-order valence-electron chi connectivity index (χ4n) is 4.48. The van der Waals surface area contributed by atoms with Crippen LogP contribution in [0.5, 0.6) is 28.7 Å². The maximum Gasteiger partial charge on any atom is 0.236 e. The third-order valence-corrected chi connectivity index (χ3v) is 6.27. The Morgan fingerprint density at radius 1 is 0.861 bits per heavy atom. The molecule has 36 heavy (non-hydrogen) atoms. The number of rotatable bonds is 9. The van der Waals surface area contributed by atoms with Crippen LogP contribution in [-0.2, 0) is 4.79 Å². The molecule has 188 valence electrons. The SMILES string of the molecule is COc1ccc(C2C(C(O)C=Cc3ccccc3)C(=O)N2c2cc(OC)c(OC)c(OC)c2)cc1O. The smallest absolute Gasteiger partial charge is 0.236 e. The lowest BCUT2D eigenvalue weighted by molar-refractivity contribution is -0.134. The summed E-state index contributed by atoms with van der Waals surface area (Å²) in [6.07, 6.45) is 2.33. The molecule has 1 aliphatic rings. The Bertz CT molecular complexity index is 1230. The molecule has 2 N–H and O–H groups in total. The van der Waals surface area contributed by atoms with E-state index in [9.17, 15) is 15.0 Å². The van der Waals surface area contributed by atoms with Gasteiger partial charge < -0.3 is 34.1 Å². The largest absolute Gasteiger partial charge is 0.504 e. The predicted octanol–water partition coefficient (Wildman–Crippen LogP) is 4.21. The Kier molecular flexibility index (Phi) is 7.36. The summed E-state index contributed by atoms with van der Waals surface area (Å²) in [7, 11) is 5.96. The number of aliphatic hydroxyl groups is 1. The molecule has 0 aliphatic carbocycles. The van der Waals surface area contributed by atoms with Gasteiger partial charge in [0.25, 0.3) is 0 Å². The van der Waals surface area contributed by atoms with Crippen LogP contribution in [0.1, 0.15) is 17.2 Å². The number of phenolic OH excluding ortho intramolecular Hbond substituents is 1. The summed E-state index contributed by atoms with van der Waals surface area (Å²) in [6, 6.07) is 17.2. The van der Waals surface area contributed by atoms with E-state index >= 15 is 0 Å². The number of β-lactam (4-membered cyclic amide) rings is 1. The lowest BCUT2D eigenvalue weighted by Crippen LogP contribution is -2.59. The third-order valence-electron chi connectivity index (χ3n) is 6.27. The number of amides is 1. The molecular formula is C28H29NO7. The van der Waals surface area contributed by atoms with E-state index in [1.807, 2.05) is 30.3 Å². The average Bonchev–Trinajstić information content (AvgIpc) is 2.90. The van der Waals surface area contributed by atoms with Gasteiger partial charge in [0.1, 0.15) is 0 Å². The molecule has 3 aromatic carbocycles. The van der Waals surface area contributed by atoms with Gasteiger partial charge in [-0.15, -0.1) is 0 Å². The summed E-state index contributed by atoms with van der Waals surface area (Å²) < 4.78 is 21.5. The molecule has 1 aliphatic heterocycles. The molecule has 3 atom stereocenters. The number of ether oxygens (including phenoxy) is 4. The molecule has 0 spiro atoms. The lowest BCUT2D eigenvalue weighted by Gasteiger charge is -2.49. The molecule has 0 saturated carbocycles. The van der Waals surface area contributed by atoms with E-state index in [4.69, 9.17) is 18.9 Å². The summed E-state index contributed by atoms with van der Waals surface area (Å²) in [6.45, 7) is 0. The van der Waals surface area contributed by atoms with E-state index < -0.39 is 18.1 Å². The summed E-state index contributed by atoms with van der Waals surface area (Å²) in [4.78, 5) is 15.0. The summed E-state index contributed by atoms with van der Waals surface area (Å²) in [5, 5.41) is 21.5. The van der Waals surface area contributed by atoms with Gasteiger partial charge in [0.2, 0.25) is 11.7 Å². The average molecular weight is 492 g/mol. The number of nitrogens with zero attached hydrogens (tertiary/aromatic N) is 1. The zero-order chi connectivity index (χ0) is 25.8. The normalized spacial score (nSPS) is 18.0. The fraction of sp³-hybridized carbons (Fsp3) is 0.250. The van der Waals surface area contributed by atoms with Gasteiger partial charge in [-0.2, -0.15) is 0 Å². The van der Waals surface area contributed by atoms with E-state index in [-0.39, 0.29) is 11.7 Å². The highest BCUT2D eigenvalue weighted by atomic mass is 16.5. The molecule has 1 amide bonds. The minimum Gasteiger partial charge on any atom is -0.504 e. The molecule has 8 heteroatoms. The number of anilines is 1. The van der Waals surface area contributed by atoms with Crippen molar-refractivity contribution in [2.24, 2.45) is 5.92 Å². The fourth-order valence-corrected chi connectivity index (χ4v) is 4.48. The van der Waals surface area contributed by atoms with E-state index in [2.05, 4.69) is 0 Å². The number of aromatic hydroxyl groups is 1. The molecule has 8 nitrogen and oxygen atoms in total. The summed E-state index contributed by atoms with van der Waals surface area (Å²) in [5.74, 6) is 0.370. The van der Waals surface area contributed by atoms with Crippen LogP contribution < -0.4 is 23.8 Å². The number of hydrogen-bond acceptors (Lipinski definition) is 7. The van der Waals surface area contributed by atoms with Crippen LogP contribution in [0.2, 0.25) is 0 Å². The first kappa shape index (κ1) is 24.9. The van der Waals surface area contributed by atoms with Gasteiger partial charge >= 0.3 is 0 Å². The Balaban J connectivity index is 1.76. The van der Waals surface area contributed by atoms with E-state index in [1.54, 1.807) is 47.4 Å². The van der Waals surface area contributed by atoms with Crippen molar-refractivity contribution in [2.75, 3.05) is 33.3 Å². The van der Waals surface area contributed by atoms with Crippen molar-refractivity contribution in [2.45, 2.75) is 12.1 Å². The zero-order valence-electron chi connectivity index (χ0n) is 20.5. The molecule has 0 bridgehead atoms. The minimum absolute atomic E-state index is 0.0627. The molecule has 1 fully saturated rings. The second-order valence-corrected chi connectivity index (χ2v) is 8.25. The van der Waals surface area contributed by atoms with Crippen LogP contribution in [-0.4, -0.2) is 50.7 Å². The van der Waals surface area contributed by atoms with Gasteiger partial charge in [0, 0.05) is 12.1 Å². The number of carbonyl (C=O) groups is 1. The maximum atomic E-state index is 13.5. The highest BCUT2D eigenvalue weighted by Crippen LogP contribution is 2.50. The van der Waals surface area contributed by atoms with Crippen molar-refractivity contribution < 1.29 is 34.0 Å². The van der Waals surface area contributed by atoms with Crippen LogP contribution in [0.15, 0.2) is 66.7 Å². The van der Waals surface area contributed by atoms with Crippen molar-refractivity contribution in [3.05, 3.63) is 77.9 Å². The Hall–Kier alpha value is -4.17. The first-order valence-corrected chi connectivity index (χ1v) is 11.3. The summed E-state index contributed by atoms with van der Waals surface area (Å²) in [5.41, 5.74) is 2.05. The first-order valence-electron chi connectivity index (χ1n) is 11.3. The summed E-state index contributed by atoms with van der Waals surface area (Å²) >= 11 is 0. The number of benzene rings is 3. The van der Waals surface area contributed by atoms with Crippen LogP contribution >= 0.6 is 0 Å². The highest BCUT2D eigenvalue weighted by Gasteiger charge is 2.52. The minimum atomic E-state index is -1.06. The molecule has 0 aromatic heterocycles. The van der Waals surface area contributed by atoms with Crippen molar-refractivity contribution in [3.8, 4) is 28.7 Å². The van der Waals surface area contributed by atoms with Crippen molar-refractivity contribution in [3.63, 3.8) is 0 Å². The van der Waals surface area contributed by atoms with Crippen LogP contribution in [0.4, 0.5) is 5.69 Å². The molecule has 3 unspecified atom stereocenters. The van der Waals surface area contributed by atoms with Gasteiger partial charge in [0.05, 0.1) is 52.2 Å². The van der Waals surface area contributed by atoms with Crippen LogP contribution in [0.3, 0.4) is 0 Å². The Labute approximate surface area is 209 Å². The van der Waals surface area contributed by atoms with Crippen LogP contribution in [0, 0.1) is 5.92 Å². The molecule has 1 saturated heterocycles. The molecule has 1 heterocycles. The van der Waals surface area contributed by atoms with Gasteiger partial charge in [-0.05, 0) is 23.3 Å². The molecular weight excluding hydrogens is 462 g/mol. The van der Waals surface area contributed by atoms with Crippen molar-refractivity contribution >= 4 is 17.7 Å². The quantitative estimate of drug-likeness (QED) is 0.433. The van der Waals surface area contributed by atoms with Gasteiger partial charge in [-0.3, -0.25) is 4.79 Å². The number of aliphatic hydroxyl groups excluding tert-OH is 1. The first-order chi connectivity index (χ1) is 17.4.